The number of piperidine rings is 1. The molecule has 2 aromatic carbocycles. The monoisotopic (exact) mass is 393 g/mol. The highest BCUT2D eigenvalue weighted by Gasteiger charge is 2.28. The van der Waals surface area contributed by atoms with E-state index < -0.39 is 0 Å². The van der Waals surface area contributed by atoms with Gasteiger partial charge in [-0.1, -0.05) is 30.3 Å². The second-order valence-corrected chi connectivity index (χ2v) is 7.48. The zero-order valence-electron chi connectivity index (χ0n) is 16.9. The van der Waals surface area contributed by atoms with Crippen molar-refractivity contribution in [2.24, 2.45) is 5.92 Å². The van der Waals surface area contributed by atoms with Crippen LogP contribution in [0.1, 0.15) is 41.3 Å². The van der Waals surface area contributed by atoms with Crippen LogP contribution in [-0.4, -0.2) is 35.7 Å². The molecule has 0 aliphatic carbocycles. The SMILES string of the molecule is CC(=O)Nc1ccc(CNC(=O)C2CCN(C(=O)c3ccccc3C)CC2)cc1. The maximum atomic E-state index is 12.7. The van der Waals surface area contributed by atoms with Gasteiger partial charge in [0.25, 0.3) is 5.91 Å². The van der Waals surface area contributed by atoms with Crippen molar-refractivity contribution in [3.63, 3.8) is 0 Å². The first-order valence-electron chi connectivity index (χ1n) is 9.93. The largest absolute Gasteiger partial charge is 0.352 e. The first-order valence-corrected chi connectivity index (χ1v) is 9.93. The van der Waals surface area contributed by atoms with Gasteiger partial charge in [-0.15, -0.1) is 0 Å². The van der Waals surface area contributed by atoms with E-state index in [1.807, 2.05) is 60.4 Å². The van der Waals surface area contributed by atoms with Crippen LogP contribution in [0.5, 0.6) is 0 Å². The van der Waals surface area contributed by atoms with E-state index in [-0.39, 0.29) is 23.6 Å². The Balaban J connectivity index is 1.47. The lowest BCUT2D eigenvalue weighted by molar-refractivity contribution is -0.126. The summed E-state index contributed by atoms with van der Waals surface area (Å²) in [6, 6.07) is 15.0. The molecule has 0 unspecified atom stereocenters. The Bertz CT molecular complexity index is 884. The van der Waals surface area contributed by atoms with Crippen LogP contribution in [0.3, 0.4) is 0 Å². The first kappa shape index (κ1) is 20.6. The number of rotatable bonds is 5. The van der Waals surface area contributed by atoms with Crippen molar-refractivity contribution >= 4 is 23.4 Å². The number of likely N-dealkylation sites (tertiary alicyclic amines) is 1. The zero-order chi connectivity index (χ0) is 20.8. The molecule has 1 aliphatic heterocycles. The van der Waals surface area contributed by atoms with Gasteiger partial charge in [0.1, 0.15) is 0 Å². The van der Waals surface area contributed by atoms with Gasteiger partial charge in [0.05, 0.1) is 0 Å². The molecule has 3 rings (SSSR count). The van der Waals surface area contributed by atoms with E-state index in [1.54, 1.807) is 0 Å². The van der Waals surface area contributed by atoms with Gasteiger partial charge in [0, 0.05) is 43.7 Å². The minimum absolute atomic E-state index is 0.0268. The molecule has 3 amide bonds. The van der Waals surface area contributed by atoms with Crippen molar-refractivity contribution in [3.8, 4) is 0 Å². The van der Waals surface area contributed by atoms with Crippen LogP contribution < -0.4 is 10.6 Å². The average molecular weight is 393 g/mol. The summed E-state index contributed by atoms with van der Waals surface area (Å²) in [6.07, 6.45) is 1.34. The van der Waals surface area contributed by atoms with Gasteiger partial charge in [-0.05, 0) is 49.1 Å². The number of benzene rings is 2. The topological polar surface area (TPSA) is 78.5 Å². The molecule has 0 spiro atoms. The highest BCUT2D eigenvalue weighted by Crippen LogP contribution is 2.20. The molecule has 152 valence electrons. The fourth-order valence-corrected chi connectivity index (χ4v) is 3.57. The van der Waals surface area contributed by atoms with Crippen molar-refractivity contribution in [2.45, 2.75) is 33.2 Å². The lowest BCUT2D eigenvalue weighted by atomic mass is 9.95. The van der Waals surface area contributed by atoms with Gasteiger partial charge in [-0.3, -0.25) is 14.4 Å². The van der Waals surface area contributed by atoms with Crippen LogP contribution in [-0.2, 0) is 16.1 Å². The predicted molar refractivity (Wildman–Crippen MR) is 112 cm³/mol. The Morgan fingerprint density at radius 2 is 1.66 bits per heavy atom. The number of hydrogen-bond donors (Lipinski definition) is 2. The molecule has 29 heavy (non-hydrogen) atoms. The smallest absolute Gasteiger partial charge is 0.254 e. The minimum atomic E-state index is -0.113. The Morgan fingerprint density at radius 1 is 1.00 bits per heavy atom. The number of carbonyl (C=O) groups excluding carboxylic acids is 3. The van der Waals surface area contributed by atoms with Crippen LogP contribution in [0.15, 0.2) is 48.5 Å². The zero-order valence-corrected chi connectivity index (χ0v) is 16.9. The van der Waals surface area contributed by atoms with Crippen LogP contribution in [0.25, 0.3) is 0 Å². The Hall–Kier alpha value is -3.15. The van der Waals surface area contributed by atoms with Gasteiger partial charge < -0.3 is 15.5 Å². The molecular weight excluding hydrogens is 366 g/mol. The average Bonchev–Trinajstić information content (AvgIpc) is 2.72. The van der Waals surface area contributed by atoms with Crippen molar-refractivity contribution in [1.29, 1.82) is 0 Å². The third-order valence-corrected chi connectivity index (χ3v) is 5.27. The van der Waals surface area contributed by atoms with Crippen LogP contribution in [0.2, 0.25) is 0 Å². The molecule has 1 heterocycles. The van der Waals surface area contributed by atoms with E-state index in [9.17, 15) is 14.4 Å². The summed E-state index contributed by atoms with van der Waals surface area (Å²) in [6.45, 7) is 5.04. The molecule has 1 fully saturated rings. The highest BCUT2D eigenvalue weighted by atomic mass is 16.2. The van der Waals surface area contributed by atoms with Crippen molar-refractivity contribution < 1.29 is 14.4 Å². The standard InChI is InChI=1S/C23H27N3O3/c1-16-5-3-4-6-21(16)23(29)26-13-11-19(12-14-26)22(28)24-15-18-7-9-20(10-8-18)25-17(2)27/h3-10,19H,11-15H2,1-2H3,(H,24,28)(H,25,27). The molecule has 6 heteroatoms. The molecule has 0 bridgehead atoms. The highest BCUT2D eigenvalue weighted by molar-refractivity contribution is 5.95. The van der Waals surface area contributed by atoms with Crippen LogP contribution in [0, 0.1) is 12.8 Å². The van der Waals surface area contributed by atoms with E-state index in [0.29, 0.717) is 32.5 Å². The number of aryl methyl sites for hydroxylation is 1. The molecule has 1 aliphatic rings. The third kappa shape index (κ3) is 5.44. The summed E-state index contributed by atoms with van der Waals surface area (Å²) in [7, 11) is 0. The number of nitrogens with one attached hydrogen (secondary N) is 2. The molecule has 6 nitrogen and oxygen atoms in total. The molecule has 0 radical (unpaired) electrons. The normalized spacial score (nSPS) is 14.3. The fraction of sp³-hybridized carbons (Fsp3) is 0.348. The van der Waals surface area contributed by atoms with Crippen molar-refractivity contribution in [2.75, 3.05) is 18.4 Å². The van der Waals surface area contributed by atoms with E-state index in [4.69, 9.17) is 0 Å². The van der Waals surface area contributed by atoms with Gasteiger partial charge in [-0.25, -0.2) is 0 Å². The number of amides is 3. The van der Waals surface area contributed by atoms with Crippen LogP contribution >= 0.6 is 0 Å². The quantitative estimate of drug-likeness (QED) is 0.819. The summed E-state index contributed by atoms with van der Waals surface area (Å²) in [5.74, 6) is -0.118. The fourth-order valence-electron chi connectivity index (χ4n) is 3.57. The minimum Gasteiger partial charge on any atom is -0.352 e. The Morgan fingerprint density at radius 3 is 2.28 bits per heavy atom. The van der Waals surface area contributed by atoms with Crippen molar-refractivity contribution in [3.05, 3.63) is 65.2 Å². The first-order chi connectivity index (χ1) is 13.9. The molecule has 2 aromatic rings. The van der Waals surface area contributed by atoms with Crippen LogP contribution in [0.4, 0.5) is 5.69 Å². The molecule has 2 N–H and O–H groups in total. The second-order valence-electron chi connectivity index (χ2n) is 7.48. The molecule has 0 aromatic heterocycles. The van der Waals surface area contributed by atoms with Gasteiger partial charge in [0.2, 0.25) is 11.8 Å². The predicted octanol–water partition coefficient (Wildman–Crippen LogP) is 3.12. The number of nitrogens with zero attached hydrogens (tertiary/aromatic N) is 1. The maximum Gasteiger partial charge on any atom is 0.254 e. The summed E-state index contributed by atoms with van der Waals surface area (Å²) in [4.78, 5) is 38.1. The number of anilines is 1. The van der Waals surface area contributed by atoms with E-state index >= 15 is 0 Å². The summed E-state index contributed by atoms with van der Waals surface area (Å²) >= 11 is 0. The lowest BCUT2D eigenvalue weighted by Crippen LogP contribution is -2.43. The van der Waals surface area contributed by atoms with E-state index in [0.717, 1.165) is 22.4 Å². The summed E-state index contributed by atoms with van der Waals surface area (Å²) < 4.78 is 0. The summed E-state index contributed by atoms with van der Waals surface area (Å²) in [5.41, 5.74) is 3.41. The Labute approximate surface area is 171 Å². The second kappa shape index (κ2) is 9.37. The molecule has 1 saturated heterocycles. The van der Waals surface area contributed by atoms with Gasteiger partial charge >= 0.3 is 0 Å². The van der Waals surface area contributed by atoms with Gasteiger partial charge in [-0.2, -0.15) is 0 Å². The number of hydrogen-bond acceptors (Lipinski definition) is 3. The van der Waals surface area contributed by atoms with E-state index in [2.05, 4.69) is 10.6 Å². The number of carbonyl (C=O) groups is 3. The maximum absolute atomic E-state index is 12.7. The lowest BCUT2D eigenvalue weighted by Gasteiger charge is -2.31. The van der Waals surface area contributed by atoms with Gasteiger partial charge in [0.15, 0.2) is 0 Å². The molecular formula is C23H27N3O3. The molecule has 0 saturated carbocycles. The summed E-state index contributed by atoms with van der Waals surface area (Å²) in [5, 5.41) is 5.70. The Kier molecular flexibility index (Phi) is 6.65. The van der Waals surface area contributed by atoms with E-state index in [1.165, 1.54) is 6.92 Å². The molecule has 0 atom stereocenters. The third-order valence-electron chi connectivity index (χ3n) is 5.27. The van der Waals surface area contributed by atoms with Crippen molar-refractivity contribution in [1.82, 2.24) is 10.2 Å².